The van der Waals surface area contributed by atoms with Gasteiger partial charge in [-0.2, -0.15) is 18.3 Å². The van der Waals surface area contributed by atoms with Crippen LogP contribution >= 0.6 is 11.6 Å². The zero-order valence-corrected chi connectivity index (χ0v) is 9.92. The highest BCUT2D eigenvalue weighted by Gasteiger charge is 2.41. The Hall–Kier alpha value is -1.57. The van der Waals surface area contributed by atoms with E-state index in [-0.39, 0.29) is 5.56 Å². The van der Waals surface area contributed by atoms with Crippen LogP contribution in [0.2, 0.25) is 0 Å². The molecular weight excluding hydrogens is 275 g/mol. The van der Waals surface area contributed by atoms with E-state index in [1.54, 1.807) is 5.32 Å². The molecule has 0 aliphatic rings. The van der Waals surface area contributed by atoms with Crippen molar-refractivity contribution >= 4 is 23.3 Å². The smallest absolute Gasteiger partial charge is 0.334 e. The van der Waals surface area contributed by atoms with Gasteiger partial charge in [0.1, 0.15) is 6.04 Å². The van der Waals surface area contributed by atoms with Crippen molar-refractivity contribution in [2.45, 2.75) is 12.2 Å². The summed E-state index contributed by atoms with van der Waals surface area (Å²) >= 11 is 5.29. The quantitative estimate of drug-likeness (QED) is 0.837. The summed E-state index contributed by atoms with van der Waals surface area (Å²) in [5.41, 5.74) is 0.140. The number of aromatic nitrogens is 2. The van der Waals surface area contributed by atoms with E-state index in [1.807, 2.05) is 0 Å². The monoisotopic (exact) mass is 283 g/mol. The molecule has 0 saturated heterocycles. The molecule has 1 unspecified atom stereocenters. The highest BCUT2D eigenvalue weighted by atomic mass is 35.5. The Kier molecular flexibility index (Phi) is 4.33. The number of rotatable bonds is 4. The molecule has 9 heteroatoms. The molecule has 18 heavy (non-hydrogen) atoms. The average Bonchev–Trinajstić information content (AvgIpc) is 2.69. The summed E-state index contributed by atoms with van der Waals surface area (Å²) in [6, 6.07) is -1.45. The summed E-state index contributed by atoms with van der Waals surface area (Å²) < 4.78 is 37.7. The van der Waals surface area contributed by atoms with Gasteiger partial charge in [-0.1, -0.05) is 0 Å². The fourth-order valence-corrected chi connectivity index (χ4v) is 1.38. The Morgan fingerprint density at radius 3 is 2.56 bits per heavy atom. The SMILES string of the molecule is Cn1cc(C(NC(=O)C(F)(F)F)C(=O)CCl)cn1. The van der Waals surface area contributed by atoms with Gasteiger partial charge in [0.25, 0.3) is 0 Å². The zero-order valence-electron chi connectivity index (χ0n) is 9.16. The first-order chi connectivity index (χ1) is 8.25. The second kappa shape index (κ2) is 5.38. The van der Waals surface area contributed by atoms with E-state index in [0.717, 1.165) is 0 Å². The molecule has 100 valence electrons. The van der Waals surface area contributed by atoms with Crippen LogP contribution in [0.15, 0.2) is 12.4 Å². The average molecular weight is 284 g/mol. The largest absolute Gasteiger partial charge is 0.471 e. The highest BCUT2D eigenvalue weighted by molar-refractivity contribution is 6.28. The molecule has 1 atom stereocenters. The van der Waals surface area contributed by atoms with Crippen LogP contribution in [0.3, 0.4) is 0 Å². The third-order valence-corrected chi connectivity index (χ3v) is 2.31. The Morgan fingerprint density at radius 1 is 1.56 bits per heavy atom. The highest BCUT2D eigenvalue weighted by Crippen LogP contribution is 2.19. The van der Waals surface area contributed by atoms with E-state index in [4.69, 9.17) is 11.6 Å². The molecule has 0 aromatic carbocycles. The standard InChI is InChI=1S/C9H9ClF3N3O2/c1-16-4-5(3-14-16)7(6(17)2-10)15-8(18)9(11,12)13/h3-4,7H,2H2,1H3,(H,15,18). The fraction of sp³-hybridized carbons (Fsp3) is 0.444. The number of hydrogen-bond acceptors (Lipinski definition) is 3. The lowest BCUT2D eigenvalue weighted by Gasteiger charge is -2.16. The van der Waals surface area contributed by atoms with Gasteiger partial charge in [0, 0.05) is 18.8 Å². The maximum absolute atomic E-state index is 12.1. The number of amides is 1. The van der Waals surface area contributed by atoms with Crippen LogP contribution in [-0.2, 0) is 16.6 Å². The minimum Gasteiger partial charge on any atom is -0.334 e. The maximum atomic E-state index is 12.1. The van der Waals surface area contributed by atoms with Gasteiger partial charge in [0.05, 0.1) is 12.1 Å². The maximum Gasteiger partial charge on any atom is 0.471 e. The second-order valence-electron chi connectivity index (χ2n) is 3.45. The lowest BCUT2D eigenvalue weighted by molar-refractivity contribution is -0.174. The van der Waals surface area contributed by atoms with Crippen molar-refractivity contribution in [3.05, 3.63) is 18.0 Å². The van der Waals surface area contributed by atoms with Gasteiger partial charge in [-0.05, 0) is 0 Å². The molecule has 0 bridgehead atoms. The van der Waals surface area contributed by atoms with Gasteiger partial charge in [-0.25, -0.2) is 0 Å². The molecule has 1 rings (SSSR count). The predicted molar refractivity (Wildman–Crippen MR) is 55.9 cm³/mol. The molecular formula is C9H9ClF3N3O2. The van der Waals surface area contributed by atoms with E-state index in [0.29, 0.717) is 0 Å². The van der Waals surface area contributed by atoms with E-state index in [2.05, 4.69) is 5.10 Å². The van der Waals surface area contributed by atoms with Crippen molar-refractivity contribution in [3.8, 4) is 0 Å². The Labute approximate surface area is 105 Å². The third-order valence-electron chi connectivity index (χ3n) is 2.04. The number of ketones is 1. The molecule has 0 aliphatic heterocycles. The van der Waals surface area contributed by atoms with Crippen molar-refractivity contribution in [3.63, 3.8) is 0 Å². The third kappa shape index (κ3) is 3.46. The molecule has 5 nitrogen and oxygen atoms in total. The Balaban J connectivity index is 2.94. The summed E-state index contributed by atoms with van der Waals surface area (Å²) in [7, 11) is 1.53. The first-order valence-electron chi connectivity index (χ1n) is 4.70. The number of hydrogen-bond donors (Lipinski definition) is 1. The number of carbonyl (C=O) groups is 2. The van der Waals surface area contributed by atoms with Crippen LogP contribution in [-0.4, -0.2) is 33.5 Å². The van der Waals surface area contributed by atoms with Gasteiger partial charge in [0.15, 0.2) is 5.78 Å². The Bertz CT molecular complexity index is 458. The van der Waals surface area contributed by atoms with Crippen molar-refractivity contribution in [1.82, 2.24) is 15.1 Å². The minimum atomic E-state index is -5.06. The van der Waals surface area contributed by atoms with E-state index >= 15 is 0 Å². The van der Waals surface area contributed by atoms with Crippen molar-refractivity contribution in [2.75, 3.05) is 5.88 Å². The van der Waals surface area contributed by atoms with Crippen LogP contribution < -0.4 is 5.32 Å². The van der Waals surface area contributed by atoms with Gasteiger partial charge < -0.3 is 5.32 Å². The summed E-state index contributed by atoms with van der Waals surface area (Å²) in [4.78, 5) is 22.2. The van der Waals surface area contributed by atoms with Crippen LogP contribution in [0.5, 0.6) is 0 Å². The summed E-state index contributed by atoms with van der Waals surface area (Å²) in [5.74, 6) is -3.46. The molecule has 1 heterocycles. The lowest BCUT2D eigenvalue weighted by Crippen LogP contribution is -2.42. The number of nitrogens with one attached hydrogen (secondary N) is 1. The number of nitrogens with zero attached hydrogens (tertiary/aromatic N) is 2. The van der Waals surface area contributed by atoms with Gasteiger partial charge >= 0.3 is 12.1 Å². The number of halogens is 4. The molecule has 0 saturated carbocycles. The summed E-state index contributed by atoms with van der Waals surface area (Å²) in [5, 5.41) is 5.30. The van der Waals surface area contributed by atoms with E-state index in [1.165, 1.54) is 24.1 Å². The zero-order chi connectivity index (χ0) is 13.9. The minimum absolute atomic E-state index is 0.140. The van der Waals surface area contributed by atoms with Crippen molar-refractivity contribution in [2.24, 2.45) is 7.05 Å². The molecule has 0 aliphatic carbocycles. The molecule has 0 spiro atoms. The van der Waals surface area contributed by atoms with Crippen molar-refractivity contribution < 1.29 is 22.8 Å². The molecule has 1 amide bonds. The van der Waals surface area contributed by atoms with Gasteiger partial charge in [0.2, 0.25) is 0 Å². The summed E-state index contributed by atoms with van der Waals surface area (Å²) in [6.07, 6.45) is -2.55. The van der Waals surface area contributed by atoms with E-state index in [9.17, 15) is 22.8 Å². The number of alkyl halides is 4. The van der Waals surface area contributed by atoms with Crippen LogP contribution in [0.1, 0.15) is 11.6 Å². The van der Waals surface area contributed by atoms with Gasteiger partial charge in [-0.15, -0.1) is 11.6 Å². The van der Waals surface area contributed by atoms with Crippen LogP contribution in [0.4, 0.5) is 13.2 Å². The lowest BCUT2D eigenvalue weighted by atomic mass is 10.1. The van der Waals surface area contributed by atoms with E-state index < -0.39 is 29.8 Å². The topological polar surface area (TPSA) is 64.0 Å². The number of carbonyl (C=O) groups excluding carboxylic acids is 2. The fourth-order valence-electron chi connectivity index (χ4n) is 1.23. The first-order valence-corrected chi connectivity index (χ1v) is 5.24. The normalized spacial score (nSPS) is 13.2. The molecule has 1 aromatic heterocycles. The van der Waals surface area contributed by atoms with Crippen LogP contribution in [0, 0.1) is 0 Å². The van der Waals surface area contributed by atoms with Gasteiger partial charge in [-0.3, -0.25) is 14.3 Å². The predicted octanol–water partition coefficient (Wildman–Crippen LogP) is 0.948. The van der Waals surface area contributed by atoms with Crippen molar-refractivity contribution in [1.29, 1.82) is 0 Å². The molecule has 1 N–H and O–H groups in total. The second-order valence-corrected chi connectivity index (χ2v) is 3.72. The first kappa shape index (κ1) is 14.5. The molecule has 0 fully saturated rings. The molecule has 0 radical (unpaired) electrons. The molecule has 1 aromatic rings. The number of Topliss-reactive ketones (excluding diaryl/α,β-unsaturated/α-hetero) is 1. The Morgan fingerprint density at radius 2 is 2.17 bits per heavy atom. The van der Waals surface area contributed by atoms with Crippen LogP contribution in [0.25, 0.3) is 0 Å². The number of aryl methyl sites for hydroxylation is 1. The summed E-state index contributed by atoms with van der Waals surface area (Å²) in [6.45, 7) is 0.